The zero-order chi connectivity index (χ0) is 20.0. The number of amides is 2. The molecule has 2 N–H and O–H groups in total. The molecule has 1 aliphatic carbocycles. The SMILES string of the molecule is N#CCNC(=O)[C@H]1CCCC[C@@H]1C(S)c1cccc(NC(=O)C(F)(F)F)c1. The molecule has 146 valence electrons. The second kappa shape index (κ2) is 9.13. The fourth-order valence-corrected chi connectivity index (χ4v) is 3.89. The Labute approximate surface area is 160 Å². The molecule has 1 aromatic carbocycles. The van der Waals surface area contributed by atoms with Crippen molar-refractivity contribution in [2.75, 3.05) is 11.9 Å². The number of alkyl halides is 3. The van der Waals surface area contributed by atoms with E-state index in [1.807, 2.05) is 11.4 Å². The average Bonchev–Trinajstić information content (AvgIpc) is 2.65. The quantitative estimate of drug-likeness (QED) is 0.523. The van der Waals surface area contributed by atoms with Crippen molar-refractivity contribution < 1.29 is 22.8 Å². The Morgan fingerprint density at radius 2 is 2.00 bits per heavy atom. The summed E-state index contributed by atoms with van der Waals surface area (Å²) in [5.74, 6) is -2.68. The maximum Gasteiger partial charge on any atom is 0.471 e. The zero-order valence-electron chi connectivity index (χ0n) is 14.4. The molecule has 0 aliphatic heterocycles. The monoisotopic (exact) mass is 399 g/mol. The van der Waals surface area contributed by atoms with Crippen molar-refractivity contribution >= 4 is 30.1 Å². The van der Waals surface area contributed by atoms with E-state index in [2.05, 4.69) is 17.9 Å². The number of hydrogen-bond acceptors (Lipinski definition) is 4. The minimum absolute atomic E-state index is 0.0233. The molecule has 1 aromatic rings. The summed E-state index contributed by atoms with van der Waals surface area (Å²) in [6.45, 7) is -0.0712. The van der Waals surface area contributed by atoms with Crippen molar-refractivity contribution in [3.05, 3.63) is 29.8 Å². The van der Waals surface area contributed by atoms with Crippen LogP contribution in [0.15, 0.2) is 24.3 Å². The lowest BCUT2D eigenvalue weighted by atomic mass is 9.75. The molecule has 1 unspecified atom stereocenters. The van der Waals surface area contributed by atoms with Crippen LogP contribution in [0.4, 0.5) is 18.9 Å². The molecule has 3 atom stereocenters. The van der Waals surface area contributed by atoms with Gasteiger partial charge in [-0.1, -0.05) is 25.0 Å². The van der Waals surface area contributed by atoms with Crippen LogP contribution in [0.3, 0.4) is 0 Å². The van der Waals surface area contributed by atoms with Gasteiger partial charge in [-0.3, -0.25) is 9.59 Å². The van der Waals surface area contributed by atoms with Gasteiger partial charge in [-0.15, -0.1) is 0 Å². The number of rotatable bonds is 5. The lowest BCUT2D eigenvalue weighted by Crippen LogP contribution is -2.38. The highest BCUT2D eigenvalue weighted by Crippen LogP contribution is 2.42. The van der Waals surface area contributed by atoms with Gasteiger partial charge in [-0.2, -0.15) is 31.1 Å². The van der Waals surface area contributed by atoms with Gasteiger partial charge in [0.25, 0.3) is 0 Å². The minimum Gasteiger partial charge on any atom is -0.343 e. The molecule has 0 heterocycles. The van der Waals surface area contributed by atoms with Gasteiger partial charge in [0.2, 0.25) is 5.91 Å². The van der Waals surface area contributed by atoms with Crippen LogP contribution in [0.5, 0.6) is 0 Å². The molecular formula is C18H20F3N3O2S. The maximum atomic E-state index is 12.4. The Morgan fingerprint density at radius 1 is 1.30 bits per heavy atom. The molecular weight excluding hydrogens is 379 g/mol. The molecule has 5 nitrogen and oxygen atoms in total. The molecule has 1 fully saturated rings. The largest absolute Gasteiger partial charge is 0.471 e. The molecule has 0 saturated heterocycles. The molecule has 27 heavy (non-hydrogen) atoms. The molecule has 0 spiro atoms. The number of nitriles is 1. The highest BCUT2D eigenvalue weighted by atomic mass is 32.1. The summed E-state index contributed by atoms with van der Waals surface area (Å²) in [5, 5.41) is 12.7. The van der Waals surface area contributed by atoms with Gasteiger partial charge < -0.3 is 10.6 Å². The Kier molecular flexibility index (Phi) is 7.13. The van der Waals surface area contributed by atoms with Gasteiger partial charge in [0.1, 0.15) is 6.54 Å². The summed E-state index contributed by atoms with van der Waals surface area (Å²) in [6, 6.07) is 7.93. The first-order valence-electron chi connectivity index (χ1n) is 8.55. The predicted molar refractivity (Wildman–Crippen MR) is 96.9 cm³/mol. The zero-order valence-corrected chi connectivity index (χ0v) is 15.3. The third kappa shape index (κ3) is 5.63. The first kappa shape index (κ1) is 21.1. The fraction of sp³-hybridized carbons (Fsp3) is 0.500. The van der Waals surface area contributed by atoms with Gasteiger partial charge in [0.15, 0.2) is 0 Å². The lowest BCUT2D eigenvalue weighted by Gasteiger charge is -2.34. The number of nitrogens with one attached hydrogen (secondary N) is 2. The van der Waals surface area contributed by atoms with Crippen LogP contribution in [0.2, 0.25) is 0 Å². The molecule has 1 saturated carbocycles. The van der Waals surface area contributed by atoms with Crippen LogP contribution in [0.1, 0.15) is 36.5 Å². The molecule has 0 radical (unpaired) electrons. The number of benzene rings is 1. The normalized spacial score (nSPS) is 21.0. The summed E-state index contributed by atoms with van der Waals surface area (Å²) < 4.78 is 37.3. The van der Waals surface area contributed by atoms with Crippen LogP contribution >= 0.6 is 12.6 Å². The highest BCUT2D eigenvalue weighted by Gasteiger charge is 2.39. The van der Waals surface area contributed by atoms with E-state index in [9.17, 15) is 22.8 Å². The molecule has 2 amide bonds. The van der Waals surface area contributed by atoms with Crippen molar-refractivity contribution in [2.45, 2.75) is 37.1 Å². The summed E-state index contributed by atoms with van der Waals surface area (Å²) in [4.78, 5) is 23.5. The van der Waals surface area contributed by atoms with Gasteiger partial charge in [0, 0.05) is 16.9 Å². The Balaban J connectivity index is 2.16. The van der Waals surface area contributed by atoms with Gasteiger partial charge >= 0.3 is 12.1 Å². The Hall–Kier alpha value is -2.21. The van der Waals surface area contributed by atoms with Gasteiger partial charge in [-0.05, 0) is 36.5 Å². The molecule has 9 heteroatoms. The number of carbonyl (C=O) groups excluding carboxylic acids is 2. The van der Waals surface area contributed by atoms with E-state index in [0.717, 1.165) is 19.3 Å². The second-order valence-electron chi connectivity index (χ2n) is 6.45. The van der Waals surface area contributed by atoms with E-state index in [-0.39, 0.29) is 35.2 Å². The Morgan fingerprint density at radius 3 is 2.67 bits per heavy atom. The van der Waals surface area contributed by atoms with Crippen LogP contribution in [-0.4, -0.2) is 24.5 Å². The standard InChI is InChI=1S/C18H20F3N3O2S/c19-18(20,21)17(26)24-12-5-3-4-11(10-12)15(27)13-6-1-2-7-14(13)16(25)23-9-8-22/h3-5,10,13-15,27H,1-2,6-7,9H2,(H,23,25)(H,24,26)/t13-,14-,15?/m0/s1. The third-order valence-corrected chi connectivity index (χ3v) is 5.33. The van der Waals surface area contributed by atoms with Gasteiger partial charge in [0.05, 0.1) is 6.07 Å². The summed E-state index contributed by atoms with van der Waals surface area (Å²) in [6.07, 6.45) is -1.73. The second-order valence-corrected chi connectivity index (χ2v) is 7.01. The number of halogens is 3. The Bertz CT molecular complexity index is 733. The lowest BCUT2D eigenvalue weighted by molar-refractivity contribution is -0.167. The summed E-state index contributed by atoms with van der Waals surface area (Å²) in [7, 11) is 0. The van der Waals surface area contributed by atoms with E-state index < -0.39 is 12.1 Å². The van der Waals surface area contributed by atoms with Crippen LogP contribution in [-0.2, 0) is 9.59 Å². The fourth-order valence-electron chi connectivity index (χ4n) is 3.37. The summed E-state index contributed by atoms with van der Waals surface area (Å²) >= 11 is 4.62. The van der Waals surface area contributed by atoms with E-state index in [0.29, 0.717) is 12.0 Å². The number of nitrogens with zero attached hydrogens (tertiary/aromatic N) is 1. The smallest absolute Gasteiger partial charge is 0.343 e. The van der Waals surface area contributed by atoms with Gasteiger partial charge in [-0.25, -0.2) is 0 Å². The molecule has 1 aliphatic rings. The minimum atomic E-state index is -4.97. The van der Waals surface area contributed by atoms with Crippen molar-refractivity contribution in [3.63, 3.8) is 0 Å². The van der Waals surface area contributed by atoms with E-state index >= 15 is 0 Å². The highest BCUT2D eigenvalue weighted by molar-refractivity contribution is 7.80. The first-order chi connectivity index (χ1) is 12.7. The molecule has 2 rings (SSSR count). The molecule has 0 aromatic heterocycles. The predicted octanol–water partition coefficient (Wildman–Crippen LogP) is 3.60. The van der Waals surface area contributed by atoms with E-state index in [1.165, 1.54) is 18.2 Å². The number of hydrogen-bond donors (Lipinski definition) is 3. The number of anilines is 1. The van der Waals surface area contributed by atoms with Crippen molar-refractivity contribution in [1.82, 2.24) is 5.32 Å². The third-order valence-electron chi connectivity index (χ3n) is 4.65. The van der Waals surface area contributed by atoms with Crippen molar-refractivity contribution in [2.24, 2.45) is 11.8 Å². The van der Waals surface area contributed by atoms with Crippen LogP contribution in [0.25, 0.3) is 0 Å². The average molecular weight is 399 g/mol. The topological polar surface area (TPSA) is 82.0 Å². The molecule has 0 bridgehead atoms. The van der Waals surface area contributed by atoms with E-state index in [4.69, 9.17) is 5.26 Å². The van der Waals surface area contributed by atoms with Crippen LogP contribution in [0, 0.1) is 23.2 Å². The van der Waals surface area contributed by atoms with Crippen molar-refractivity contribution in [3.8, 4) is 6.07 Å². The maximum absolute atomic E-state index is 12.4. The first-order valence-corrected chi connectivity index (χ1v) is 9.06. The number of thiol groups is 1. The summed E-state index contributed by atoms with van der Waals surface area (Å²) in [5.41, 5.74) is 0.651. The van der Waals surface area contributed by atoms with Crippen LogP contribution < -0.4 is 10.6 Å². The number of carbonyl (C=O) groups is 2. The van der Waals surface area contributed by atoms with E-state index in [1.54, 1.807) is 6.07 Å². The van der Waals surface area contributed by atoms with Crippen molar-refractivity contribution in [1.29, 1.82) is 5.26 Å².